The van der Waals surface area contributed by atoms with Crippen molar-refractivity contribution in [3.05, 3.63) is 63.2 Å². The normalized spacial score (nSPS) is 10.0. The second-order valence-electron chi connectivity index (χ2n) is 4.84. The molecule has 2 N–H and O–H groups in total. The Labute approximate surface area is 147 Å². The summed E-state index contributed by atoms with van der Waals surface area (Å²) in [5.41, 5.74) is 0.702. The monoisotopic (exact) mass is 363 g/mol. The number of nitro groups is 1. The molecule has 9 heteroatoms. The first-order valence-electron chi connectivity index (χ1n) is 7.10. The minimum Gasteiger partial charge on any atom is -0.452 e. The van der Waals surface area contributed by atoms with E-state index in [4.69, 9.17) is 16.3 Å². The third kappa shape index (κ3) is 4.67. The van der Waals surface area contributed by atoms with Crippen LogP contribution in [0.15, 0.2) is 42.5 Å². The molecule has 0 saturated heterocycles. The number of esters is 1. The third-order valence-electron chi connectivity index (χ3n) is 3.18. The standard InChI is InChI=1S/C16H14ClN3O5/c1-18-13-5-3-2-4-11(13)16(22)25-9-15(21)19-10-6-7-12(17)14(8-10)20(23)24/h2-8,18H,9H2,1H3,(H,19,21). The van der Waals surface area contributed by atoms with Crippen molar-refractivity contribution in [2.45, 2.75) is 0 Å². The maximum absolute atomic E-state index is 12.0. The van der Waals surface area contributed by atoms with Crippen LogP contribution in [-0.4, -0.2) is 30.5 Å². The Bertz CT molecular complexity index is 825. The Morgan fingerprint density at radius 1 is 1.24 bits per heavy atom. The maximum atomic E-state index is 12.0. The Kier molecular flexibility index (Phi) is 5.91. The molecule has 0 aliphatic rings. The van der Waals surface area contributed by atoms with Crippen molar-refractivity contribution in [3.63, 3.8) is 0 Å². The largest absolute Gasteiger partial charge is 0.452 e. The Morgan fingerprint density at radius 2 is 1.96 bits per heavy atom. The van der Waals surface area contributed by atoms with Gasteiger partial charge < -0.3 is 15.4 Å². The third-order valence-corrected chi connectivity index (χ3v) is 3.50. The van der Waals surface area contributed by atoms with Crippen molar-refractivity contribution in [1.82, 2.24) is 0 Å². The highest BCUT2D eigenvalue weighted by molar-refractivity contribution is 6.32. The van der Waals surface area contributed by atoms with Crippen molar-refractivity contribution < 1.29 is 19.2 Å². The summed E-state index contributed by atoms with van der Waals surface area (Å²) in [6.45, 7) is -0.534. The number of amides is 1. The quantitative estimate of drug-likeness (QED) is 0.463. The molecule has 0 unspecified atom stereocenters. The van der Waals surface area contributed by atoms with E-state index in [1.165, 1.54) is 12.1 Å². The molecule has 0 spiro atoms. The highest BCUT2D eigenvalue weighted by atomic mass is 35.5. The number of nitro benzene ring substituents is 1. The number of carbonyl (C=O) groups is 2. The number of nitrogens with zero attached hydrogens (tertiary/aromatic N) is 1. The molecule has 2 rings (SSSR count). The second-order valence-corrected chi connectivity index (χ2v) is 5.25. The van der Waals surface area contributed by atoms with Crippen LogP contribution < -0.4 is 10.6 Å². The predicted octanol–water partition coefficient (Wildman–Crippen LogP) is 3.09. The van der Waals surface area contributed by atoms with E-state index < -0.39 is 23.4 Å². The minimum atomic E-state index is -0.665. The molecule has 0 aliphatic carbocycles. The van der Waals surface area contributed by atoms with E-state index >= 15 is 0 Å². The number of halogens is 1. The predicted molar refractivity (Wildman–Crippen MR) is 93.0 cm³/mol. The van der Waals surface area contributed by atoms with E-state index in [1.807, 2.05) is 0 Å². The molecule has 0 heterocycles. The van der Waals surface area contributed by atoms with E-state index in [0.29, 0.717) is 11.3 Å². The smallest absolute Gasteiger partial charge is 0.340 e. The van der Waals surface area contributed by atoms with Gasteiger partial charge in [-0.25, -0.2) is 4.79 Å². The van der Waals surface area contributed by atoms with Gasteiger partial charge in [-0.15, -0.1) is 0 Å². The first-order chi connectivity index (χ1) is 11.9. The molecule has 0 atom stereocenters. The molecular formula is C16H14ClN3O5. The summed E-state index contributed by atoms with van der Waals surface area (Å²) in [5, 5.41) is 16.0. The molecule has 1 amide bonds. The summed E-state index contributed by atoms with van der Waals surface area (Å²) in [7, 11) is 1.66. The van der Waals surface area contributed by atoms with Gasteiger partial charge >= 0.3 is 5.97 Å². The maximum Gasteiger partial charge on any atom is 0.340 e. The summed E-state index contributed by atoms with van der Waals surface area (Å²) < 4.78 is 4.96. The Hall–Kier alpha value is -3.13. The van der Waals surface area contributed by atoms with Crippen LogP contribution >= 0.6 is 11.6 Å². The van der Waals surface area contributed by atoms with Crippen LogP contribution in [0.2, 0.25) is 5.02 Å². The fourth-order valence-corrected chi connectivity index (χ4v) is 2.20. The van der Waals surface area contributed by atoms with Gasteiger partial charge in [-0.2, -0.15) is 0 Å². The Balaban J connectivity index is 1.98. The molecule has 2 aromatic rings. The fraction of sp³-hybridized carbons (Fsp3) is 0.125. The summed E-state index contributed by atoms with van der Waals surface area (Å²) >= 11 is 5.70. The van der Waals surface area contributed by atoms with Crippen LogP contribution in [0.3, 0.4) is 0 Å². The molecule has 25 heavy (non-hydrogen) atoms. The SMILES string of the molecule is CNc1ccccc1C(=O)OCC(=O)Nc1ccc(Cl)c([N+](=O)[O-])c1. The van der Waals surface area contributed by atoms with Gasteiger partial charge in [-0.1, -0.05) is 23.7 Å². The van der Waals surface area contributed by atoms with Crippen LogP contribution in [0.4, 0.5) is 17.1 Å². The van der Waals surface area contributed by atoms with Crippen LogP contribution in [0.25, 0.3) is 0 Å². The lowest BCUT2D eigenvalue weighted by atomic mass is 10.2. The zero-order valence-electron chi connectivity index (χ0n) is 13.1. The van der Waals surface area contributed by atoms with Crippen LogP contribution in [-0.2, 0) is 9.53 Å². The first kappa shape index (κ1) is 18.2. The second kappa shape index (κ2) is 8.11. The first-order valence-corrected chi connectivity index (χ1v) is 7.48. The summed E-state index contributed by atoms with van der Waals surface area (Å²) in [5.74, 6) is -1.30. The van der Waals surface area contributed by atoms with Gasteiger partial charge in [0, 0.05) is 24.5 Å². The Morgan fingerprint density at radius 3 is 2.64 bits per heavy atom. The zero-order valence-corrected chi connectivity index (χ0v) is 13.9. The topological polar surface area (TPSA) is 111 Å². The van der Waals surface area contributed by atoms with E-state index in [0.717, 1.165) is 6.07 Å². The van der Waals surface area contributed by atoms with Gasteiger partial charge in [0.15, 0.2) is 6.61 Å². The zero-order chi connectivity index (χ0) is 18.4. The molecule has 0 bridgehead atoms. The van der Waals surface area contributed by atoms with E-state index in [9.17, 15) is 19.7 Å². The highest BCUT2D eigenvalue weighted by Crippen LogP contribution is 2.27. The molecule has 2 aromatic carbocycles. The van der Waals surface area contributed by atoms with Crippen molar-refractivity contribution >= 4 is 40.5 Å². The number of ether oxygens (including phenoxy) is 1. The molecule has 8 nitrogen and oxygen atoms in total. The average molecular weight is 364 g/mol. The number of para-hydroxylation sites is 1. The summed E-state index contributed by atoms with van der Waals surface area (Å²) in [6, 6.07) is 10.5. The van der Waals surface area contributed by atoms with Gasteiger partial charge in [0.25, 0.3) is 11.6 Å². The van der Waals surface area contributed by atoms with Crippen LogP contribution in [0.1, 0.15) is 10.4 Å². The van der Waals surface area contributed by atoms with E-state index in [2.05, 4.69) is 10.6 Å². The van der Waals surface area contributed by atoms with E-state index in [-0.39, 0.29) is 16.4 Å². The fourth-order valence-electron chi connectivity index (χ4n) is 2.02. The number of anilines is 2. The van der Waals surface area contributed by atoms with Crippen LogP contribution in [0, 0.1) is 10.1 Å². The molecule has 0 radical (unpaired) electrons. The molecular weight excluding hydrogens is 350 g/mol. The highest BCUT2D eigenvalue weighted by Gasteiger charge is 2.16. The van der Waals surface area contributed by atoms with Gasteiger partial charge in [0.1, 0.15) is 5.02 Å². The lowest BCUT2D eigenvalue weighted by Gasteiger charge is -2.09. The molecule has 0 saturated carbocycles. The summed E-state index contributed by atoms with van der Waals surface area (Å²) in [4.78, 5) is 34.0. The van der Waals surface area contributed by atoms with Crippen molar-refractivity contribution in [2.24, 2.45) is 0 Å². The van der Waals surface area contributed by atoms with Crippen LogP contribution in [0.5, 0.6) is 0 Å². The average Bonchev–Trinajstić information content (AvgIpc) is 2.61. The summed E-state index contributed by atoms with van der Waals surface area (Å²) in [6.07, 6.45) is 0. The number of rotatable bonds is 6. The number of carbonyl (C=O) groups excluding carboxylic acids is 2. The molecule has 0 aromatic heterocycles. The number of benzene rings is 2. The number of nitrogens with one attached hydrogen (secondary N) is 2. The molecule has 130 valence electrons. The van der Waals surface area contributed by atoms with Gasteiger partial charge in [0.2, 0.25) is 0 Å². The van der Waals surface area contributed by atoms with Crippen molar-refractivity contribution in [2.75, 3.05) is 24.3 Å². The molecule has 0 aliphatic heterocycles. The number of hydrogen-bond acceptors (Lipinski definition) is 6. The molecule has 0 fully saturated rings. The van der Waals surface area contributed by atoms with Crippen molar-refractivity contribution in [1.29, 1.82) is 0 Å². The van der Waals surface area contributed by atoms with Crippen molar-refractivity contribution in [3.8, 4) is 0 Å². The van der Waals surface area contributed by atoms with Gasteiger partial charge in [0.05, 0.1) is 10.5 Å². The van der Waals surface area contributed by atoms with Gasteiger partial charge in [-0.3, -0.25) is 14.9 Å². The van der Waals surface area contributed by atoms with Gasteiger partial charge in [-0.05, 0) is 24.3 Å². The van der Waals surface area contributed by atoms with E-state index in [1.54, 1.807) is 31.3 Å². The lowest BCUT2D eigenvalue weighted by molar-refractivity contribution is -0.384. The lowest BCUT2D eigenvalue weighted by Crippen LogP contribution is -2.21. The number of hydrogen-bond donors (Lipinski definition) is 2. The minimum absolute atomic E-state index is 0.0434.